The number of rotatable bonds is 4. The molecule has 1 heteroatoms. The van der Waals surface area contributed by atoms with Gasteiger partial charge < -0.3 is 4.90 Å². The fourth-order valence-electron chi connectivity index (χ4n) is 6.89. The monoisotopic (exact) mass is 565 g/mol. The first-order chi connectivity index (χ1) is 21.3. The van der Waals surface area contributed by atoms with Crippen LogP contribution in [0.25, 0.3) is 54.9 Å². The zero-order valence-corrected chi connectivity index (χ0v) is 25.7. The lowest BCUT2D eigenvalue weighted by Gasteiger charge is -2.33. The first kappa shape index (κ1) is 26.5. The van der Waals surface area contributed by atoms with Gasteiger partial charge in [0, 0.05) is 17.1 Å². The van der Waals surface area contributed by atoms with Crippen molar-refractivity contribution in [3.63, 3.8) is 0 Å². The maximum absolute atomic E-state index is 2.44. The van der Waals surface area contributed by atoms with E-state index in [1.54, 1.807) is 0 Å². The summed E-state index contributed by atoms with van der Waals surface area (Å²) in [5.41, 5.74) is 14.1. The SMILES string of the molecule is Cc1ccccc1N(c1ccc2cc3c(cc2c1)-c1cc2ccc(-c4ccccc4)cc2cc1-3)c1ccccc1C(C)(C)C. The second-order valence-electron chi connectivity index (χ2n) is 13.1. The van der Waals surface area contributed by atoms with Gasteiger partial charge in [-0.1, -0.05) is 106 Å². The van der Waals surface area contributed by atoms with Crippen molar-refractivity contribution in [2.45, 2.75) is 33.1 Å². The van der Waals surface area contributed by atoms with E-state index in [1.165, 1.54) is 83.1 Å². The molecule has 0 amide bonds. The van der Waals surface area contributed by atoms with Crippen molar-refractivity contribution in [2.75, 3.05) is 4.90 Å². The standard InChI is InChI=1S/C43H35N/c1-28-12-8-10-16-41(28)44(42-17-11-9-15-40(42)43(2,3)4)35-21-20-32-25-37-38-26-33-22-30(29-13-6-5-7-14-29)18-19-31(33)24-36(38)39(37)27-34(32)23-35/h5-27H,1-4H3. The van der Waals surface area contributed by atoms with Crippen LogP contribution in [0.5, 0.6) is 0 Å². The van der Waals surface area contributed by atoms with E-state index in [0.717, 1.165) is 0 Å². The molecule has 0 saturated heterocycles. The summed E-state index contributed by atoms with van der Waals surface area (Å²) in [5, 5.41) is 5.10. The van der Waals surface area contributed by atoms with Gasteiger partial charge in [-0.15, -0.1) is 0 Å². The molecule has 0 radical (unpaired) electrons. The highest BCUT2D eigenvalue weighted by Gasteiger charge is 2.26. The van der Waals surface area contributed by atoms with Crippen molar-refractivity contribution in [3.8, 4) is 33.4 Å². The van der Waals surface area contributed by atoms with Crippen molar-refractivity contribution < 1.29 is 0 Å². The summed E-state index contributed by atoms with van der Waals surface area (Å²) in [6, 6.07) is 51.5. The fraction of sp³-hybridized carbons (Fsp3) is 0.116. The Morgan fingerprint density at radius 3 is 1.64 bits per heavy atom. The van der Waals surface area contributed by atoms with Crippen LogP contribution >= 0.6 is 0 Å². The molecule has 0 spiro atoms. The highest BCUT2D eigenvalue weighted by atomic mass is 15.1. The number of nitrogens with zero attached hydrogens (tertiary/aromatic N) is 1. The van der Waals surface area contributed by atoms with Crippen LogP contribution < -0.4 is 4.90 Å². The van der Waals surface area contributed by atoms with E-state index in [4.69, 9.17) is 0 Å². The van der Waals surface area contributed by atoms with E-state index in [-0.39, 0.29) is 5.41 Å². The Hall–Kier alpha value is -5.14. The largest absolute Gasteiger partial charge is 0.310 e. The van der Waals surface area contributed by atoms with E-state index in [0.29, 0.717) is 0 Å². The van der Waals surface area contributed by atoms with E-state index in [1.807, 2.05) is 0 Å². The average molecular weight is 566 g/mol. The normalized spacial score (nSPS) is 12.1. The molecule has 0 atom stereocenters. The Morgan fingerprint density at radius 2 is 0.977 bits per heavy atom. The van der Waals surface area contributed by atoms with E-state index in [2.05, 4.69) is 172 Å². The second kappa shape index (κ2) is 9.96. The zero-order chi connectivity index (χ0) is 30.0. The molecule has 7 aromatic rings. The molecular weight excluding hydrogens is 530 g/mol. The van der Waals surface area contributed by atoms with Crippen molar-refractivity contribution in [3.05, 3.63) is 151 Å². The van der Waals surface area contributed by atoms with Gasteiger partial charge in [-0.2, -0.15) is 0 Å². The molecule has 1 nitrogen and oxygen atoms in total. The number of hydrogen-bond acceptors (Lipinski definition) is 1. The van der Waals surface area contributed by atoms with Crippen LogP contribution in [0.3, 0.4) is 0 Å². The van der Waals surface area contributed by atoms with Gasteiger partial charge in [0.2, 0.25) is 0 Å². The van der Waals surface area contributed by atoms with Gasteiger partial charge in [0.25, 0.3) is 0 Å². The van der Waals surface area contributed by atoms with Gasteiger partial charge in [0.05, 0.1) is 0 Å². The summed E-state index contributed by atoms with van der Waals surface area (Å²) in [7, 11) is 0. The summed E-state index contributed by atoms with van der Waals surface area (Å²) < 4.78 is 0. The molecule has 212 valence electrons. The summed E-state index contributed by atoms with van der Waals surface area (Å²) >= 11 is 0. The molecule has 0 unspecified atom stereocenters. The predicted molar refractivity (Wildman–Crippen MR) is 189 cm³/mol. The minimum atomic E-state index is 0.00558. The molecular formula is C43H35N. The number of anilines is 3. The van der Waals surface area contributed by atoms with Gasteiger partial charge in [-0.3, -0.25) is 0 Å². The lowest BCUT2D eigenvalue weighted by molar-refractivity contribution is 0.591. The third-order valence-electron chi connectivity index (χ3n) is 9.19. The molecule has 0 fully saturated rings. The zero-order valence-electron chi connectivity index (χ0n) is 25.7. The Bertz CT molecular complexity index is 2220. The number of para-hydroxylation sites is 2. The number of hydrogen-bond donors (Lipinski definition) is 0. The quantitative estimate of drug-likeness (QED) is 0.205. The van der Waals surface area contributed by atoms with Crippen molar-refractivity contribution in [1.29, 1.82) is 0 Å². The Morgan fingerprint density at radius 1 is 0.432 bits per heavy atom. The highest BCUT2D eigenvalue weighted by molar-refractivity contribution is 6.12. The molecule has 0 aliphatic heterocycles. The Balaban J connectivity index is 1.24. The fourth-order valence-corrected chi connectivity index (χ4v) is 6.89. The van der Waals surface area contributed by atoms with Crippen LogP contribution in [-0.4, -0.2) is 0 Å². The smallest absolute Gasteiger partial charge is 0.0499 e. The number of benzene rings is 7. The van der Waals surface area contributed by atoms with Crippen molar-refractivity contribution in [2.24, 2.45) is 0 Å². The second-order valence-corrected chi connectivity index (χ2v) is 13.1. The lowest BCUT2D eigenvalue weighted by Crippen LogP contribution is -2.19. The highest BCUT2D eigenvalue weighted by Crippen LogP contribution is 2.51. The van der Waals surface area contributed by atoms with E-state index in [9.17, 15) is 0 Å². The van der Waals surface area contributed by atoms with Crippen LogP contribution in [-0.2, 0) is 5.41 Å². The Kier molecular flexibility index (Phi) is 6.00. The summed E-state index contributed by atoms with van der Waals surface area (Å²) in [5.74, 6) is 0. The van der Waals surface area contributed by atoms with E-state index >= 15 is 0 Å². The number of fused-ring (bicyclic) bond motifs is 6. The van der Waals surface area contributed by atoms with E-state index < -0.39 is 0 Å². The van der Waals surface area contributed by atoms with Crippen LogP contribution in [0.15, 0.2) is 140 Å². The van der Waals surface area contributed by atoms with Crippen molar-refractivity contribution in [1.82, 2.24) is 0 Å². The van der Waals surface area contributed by atoms with Gasteiger partial charge in [-0.25, -0.2) is 0 Å². The molecule has 7 aromatic carbocycles. The number of aryl methyl sites for hydroxylation is 1. The summed E-state index contributed by atoms with van der Waals surface area (Å²) in [6.45, 7) is 9.10. The molecule has 0 saturated carbocycles. The van der Waals surface area contributed by atoms with Crippen LogP contribution in [0.2, 0.25) is 0 Å². The molecule has 44 heavy (non-hydrogen) atoms. The molecule has 0 heterocycles. The minimum absolute atomic E-state index is 0.00558. The van der Waals surface area contributed by atoms with Gasteiger partial charge in [-0.05, 0) is 133 Å². The topological polar surface area (TPSA) is 3.24 Å². The van der Waals surface area contributed by atoms with Crippen LogP contribution in [0.1, 0.15) is 31.9 Å². The van der Waals surface area contributed by atoms with Crippen molar-refractivity contribution >= 4 is 38.6 Å². The molecule has 0 bridgehead atoms. The first-order valence-electron chi connectivity index (χ1n) is 15.5. The third-order valence-corrected chi connectivity index (χ3v) is 9.19. The third kappa shape index (κ3) is 4.31. The maximum Gasteiger partial charge on any atom is 0.0499 e. The predicted octanol–water partition coefficient (Wildman–Crippen LogP) is 12.4. The maximum atomic E-state index is 2.44. The molecule has 0 N–H and O–H groups in total. The summed E-state index contributed by atoms with van der Waals surface area (Å²) in [4.78, 5) is 2.44. The summed E-state index contributed by atoms with van der Waals surface area (Å²) in [6.07, 6.45) is 0. The molecule has 0 aromatic heterocycles. The van der Waals surface area contributed by atoms with Crippen LogP contribution in [0.4, 0.5) is 17.1 Å². The minimum Gasteiger partial charge on any atom is -0.310 e. The average Bonchev–Trinajstić information content (AvgIpc) is 3.04. The Labute approximate surface area is 260 Å². The molecule has 8 rings (SSSR count). The van der Waals surface area contributed by atoms with Gasteiger partial charge in [0.15, 0.2) is 0 Å². The van der Waals surface area contributed by atoms with Crippen LogP contribution in [0, 0.1) is 6.92 Å². The van der Waals surface area contributed by atoms with Gasteiger partial charge in [0.1, 0.15) is 0 Å². The first-order valence-corrected chi connectivity index (χ1v) is 15.5. The lowest BCUT2D eigenvalue weighted by atomic mass is 9.77. The molecule has 1 aliphatic carbocycles. The van der Waals surface area contributed by atoms with Gasteiger partial charge >= 0.3 is 0 Å². The molecule has 1 aliphatic rings.